The van der Waals surface area contributed by atoms with Crippen molar-refractivity contribution < 1.29 is 18.7 Å². The lowest BCUT2D eigenvalue weighted by Gasteiger charge is -2.19. The Morgan fingerprint density at radius 3 is 2.62 bits per heavy atom. The normalized spacial score (nSPS) is 12.0. The molecule has 2 aromatic carbocycles. The number of nitrogens with one attached hydrogen (secondary N) is 1. The molecule has 1 amide bonds. The first-order chi connectivity index (χ1) is 14.1. The summed E-state index contributed by atoms with van der Waals surface area (Å²) in [5, 5.41) is 4.90. The van der Waals surface area contributed by atoms with Crippen LogP contribution in [0.5, 0.6) is 11.5 Å². The minimum Gasteiger partial charge on any atom is -0.493 e. The van der Waals surface area contributed by atoms with E-state index in [1.54, 1.807) is 25.3 Å². The van der Waals surface area contributed by atoms with E-state index in [1.807, 2.05) is 48.7 Å². The third-order valence-corrected chi connectivity index (χ3v) is 5.18. The van der Waals surface area contributed by atoms with Crippen LogP contribution in [0.3, 0.4) is 0 Å². The van der Waals surface area contributed by atoms with Crippen LogP contribution in [0.4, 0.5) is 4.39 Å². The second-order valence-corrected chi connectivity index (χ2v) is 7.25. The van der Waals surface area contributed by atoms with E-state index in [4.69, 9.17) is 9.47 Å². The van der Waals surface area contributed by atoms with Gasteiger partial charge in [-0.05, 0) is 53.8 Å². The van der Waals surface area contributed by atoms with Crippen LogP contribution in [0.15, 0.2) is 66.1 Å². The van der Waals surface area contributed by atoms with Crippen molar-refractivity contribution in [3.05, 3.63) is 87.9 Å². The molecule has 0 aliphatic heterocycles. The summed E-state index contributed by atoms with van der Waals surface area (Å²) in [5.74, 6) is 0.446. The van der Waals surface area contributed by atoms with E-state index >= 15 is 0 Å². The summed E-state index contributed by atoms with van der Waals surface area (Å²) in [7, 11) is 1.56. The van der Waals surface area contributed by atoms with Crippen molar-refractivity contribution in [2.24, 2.45) is 0 Å². The maximum atomic E-state index is 13.3. The number of halogens is 1. The molecule has 0 saturated heterocycles. The fourth-order valence-corrected chi connectivity index (χ4v) is 3.68. The highest BCUT2D eigenvalue weighted by Gasteiger charge is 2.19. The largest absolute Gasteiger partial charge is 0.493 e. The first-order valence-corrected chi connectivity index (χ1v) is 10.0. The van der Waals surface area contributed by atoms with E-state index < -0.39 is 0 Å². The molecule has 0 saturated carbocycles. The summed E-state index contributed by atoms with van der Waals surface area (Å²) in [6, 6.07) is 15.1. The molecule has 29 heavy (non-hydrogen) atoms. The number of benzene rings is 2. The Morgan fingerprint density at radius 2 is 1.97 bits per heavy atom. The van der Waals surface area contributed by atoms with Crippen LogP contribution in [0.2, 0.25) is 0 Å². The highest BCUT2D eigenvalue weighted by atomic mass is 32.1. The van der Waals surface area contributed by atoms with Gasteiger partial charge in [0.2, 0.25) is 0 Å². The third-order valence-electron chi connectivity index (χ3n) is 4.24. The van der Waals surface area contributed by atoms with Crippen LogP contribution < -0.4 is 14.8 Å². The van der Waals surface area contributed by atoms with Gasteiger partial charge in [0.1, 0.15) is 5.82 Å². The van der Waals surface area contributed by atoms with Crippen LogP contribution in [-0.4, -0.2) is 19.6 Å². The number of amides is 1. The summed E-state index contributed by atoms with van der Waals surface area (Å²) in [6.45, 7) is 1.77. The van der Waals surface area contributed by atoms with E-state index in [0.29, 0.717) is 11.5 Å². The van der Waals surface area contributed by atoms with Crippen molar-refractivity contribution in [3.8, 4) is 11.5 Å². The number of thiophene rings is 1. The van der Waals surface area contributed by atoms with E-state index in [0.717, 1.165) is 16.0 Å². The van der Waals surface area contributed by atoms with Gasteiger partial charge in [-0.1, -0.05) is 36.4 Å². The number of allylic oxidation sites excluding steroid dienone is 1. The van der Waals surface area contributed by atoms with E-state index in [9.17, 15) is 9.18 Å². The molecule has 3 rings (SSSR count). The second kappa shape index (κ2) is 9.89. The number of rotatable bonds is 8. The zero-order valence-corrected chi connectivity index (χ0v) is 17.0. The van der Waals surface area contributed by atoms with Gasteiger partial charge in [0.15, 0.2) is 18.1 Å². The molecule has 1 aromatic heterocycles. The van der Waals surface area contributed by atoms with Crippen molar-refractivity contribution in [1.29, 1.82) is 0 Å². The highest BCUT2D eigenvalue weighted by molar-refractivity contribution is 7.10. The Balaban J connectivity index is 1.70. The van der Waals surface area contributed by atoms with Gasteiger partial charge in [-0.2, -0.15) is 0 Å². The molecule has 1 atom stereocenters. The fraction of sp³-hybridized carbons (Fsp3) is 0.174. The van der Waals surface area contributed by atoms with Crippen LogP contribution in [0, 0.1) is 5.82 Å². The Kier molecular flexibility index (Phi) is 7.03. The monoisotopic (exact) mass is 411 g/mol. The number of ether oxygens (including phenoxy) is 2. The quantitative estimate of drug-likeness (QED) is 0.553. The standard InChI is InChI=1S/C23H22FNO3S/c1-3-5-16-7-12-19(20(14-16)27-2)28-15-22(26)25-23(21-6-4-13-29-21)17-8-10-18(24)11-9-17/h3-14,23H,15H2,1-2H3,(H,25,26)/b5-3+. The lowest BCUT2D eigenvalue weighted by molar-refractivity contribution is -0.123. The molecule has 0 spiro atoms. The van der Waals surface area contributed by atoms with Gasteiger partial charge >= 0.3 is 0 Å². The number of carbonyl (C=O) groups is 1. The van der Waals surface area contributed by atoms with Crippen LogP contribution in [0.1, 0.15) is 29.0 Å². The molecule has 0 aliphatic rings. The first-order valence-electron chi connectivity index (χ1n) is 9.12. The molecule has 0 aliphatic carbocycles. The molecule has 0 bridgehead atoms. The van der Waals surface area contributed by atoms with Gasteiger partial charge in [-0.25, -0.2) is 4.39 Å². The number of hydrogen-bond donors (Lipinski definition) is 1. The summed E-state index contributed by atoms with van der Waals surface area (Å²) < 4.78 is 24.3. The molecule has 150 valence electrons. The molecule has 0 radical (unpaired) electrons. The summed E-state index contributed by atoms with van der Waals surface area (Å²) >= 11 is 1.52. The van der Waals surface area contributed by atoms with Crippen molar-refractivity contribution in [1.82, 2.24) is 5.32 Å². The van der Waals surface area contributed by atoms with Gasteiger partial charge < -0.3 is 14.8 Å². The van der Waals surface area contributed by atoms with Gasteiger partial charge in [-0.3, -0.25) is 4.79 Å². The lowest BCUT2D eigenvalue weighted by Crippen LogP contribution is -2.33. The van der Waals surface area contributed by atoms with Gasteiger partial charge in [0.05, 0.1) is 13.2 Å². The van der Waals surface area contributed by atoms with Crippen LogP contribution in [-0.2, 0) is 4.79 Å². The van der Waals surface area contributed by atoms with Gasteiger partial charge in [0.25, 0.3) is 5.91 Å². The molecule has 3 aromatic rings. The molecule has 4 nitrogen and oxygen atoms in total. The average molecular weight is 411 g/mol. The minimum absolute atomic E-state index is 0.164. The maximum absolute atomic E-state index is 13.3. The second-order valence-electron chi connectivity index (χ2n) is 6.27. The molecule has 6 heteroatoms. The molecule has 1 N–H and O–H groups in total. The van der Waals surface area contributed by atoms with Crippen LogP contribution in [0.25, 0.3) is 6.08 Å². The molecule has 0 fully saturated rings. The molecular formula is C23H22FNO3S. The molecule has 1 unspecified atom stereocenters. The molecular weight excluding hydrogens is 389 g/mol. The predicted octanol–water partition coefficient (Wildman–Crippen LogP) is 5.21. The average Bonchev–Trinajstić information content (AvgIpc) is 3.26. The Bertz CT molecular complexity index is 968. The van der Waals surface area contributed by atoms with Crippen LogP contribution >= 0.6 is 11.3 Å². The minimum atomic E-state index is -0.370. The third kappa shape index (κ3) is 5.45. The number of carbonyl (C=O) groups excluding carboxylic acids is 1. The SMILES string of the molecule is C/C=C/c1ccc(OCC(=O)NC(c2ccc(F)cc2)c2cccs2)c(OC)c1. The van der Waals surface area contributed by atoms with Crippen molar-refractivity contribution in [3.63, 3.8) is 0 Å². The molecule has 1 heterocycles. The van der Waals surface area contributed by atoms with Crippen molar-refractivity contribution >= 4 is 23.3 Å². The predicted molar refractivity (Wildman–Crippen MR) is 114 cm³/mol. The zero-order valence-electron chi connectivity index (χ0n) is 16.2. The van der Waals surface area contributed by atoms with Gasteiger partial charge in [-0.15, -0.1) is 11.3 Å². The summed E-state index contributed by atoms with van der Waals surface area (Å²) in [6.07, 6.45) is 3.89. The lowest BCUT2D eigenvalue weighted by atomic mass is 10.1. The van der Waals surface area contributed by atoms with Crippen molar-refractivity contribution in [2.75, 3.05) is 13.7 Å². The Labute approximate surface area is 173 Å². The number of methoxy groups -OCH3 is 1. The zero-order chi connectivity index (χ0) is 20.6. The van der Waals surface area contributed by atoms with Gasteiger partial charge in [0, 0.05) is 4.88 Å². The summed E-state index contributed by atoms with van der Waals surface area (Å²) in [4.78, 5) is 13.5. The first kappa shape index (κ1) is 20.6. The van der Waals surface area contributed by atoms with E-state index in [1.165, 1.54) is 23.5 Å². The highest BCUT2D eigenvalue weighted by Crippen LogP contribution is 2.29. The van der Waals surface area contributed by atoms with Crippen molar-refractivity contribution in [2.45, 2.75) is 13.0 Å². The van der Waals surface area contributed by atoms with E-state index in [2.05, 4.69) is 5.32 Å². The smallest absolute Gasteiger partial charge is 0.258 e. The van der Waals surface area contributed by atoms with E-state index in [-0.39, 0.29) is 24.4 Å². The Hall–Kier alpha value is -3.12. The fourth-order valence-electron chi connectivity index (χ4n) is 2.87. The Morgan fingerprint density at radius 1 is 1.17 bits per heavy atom. The summed E-state index contributed by atoms with van der Waals surface area (Å²) in [5.41, 5.74) is 1.78. The topological polar surface area (TPSA) is 47.6 Å². The maximum Gasteiger partial charge on any atom is 0.258 e. The number of hydrogen-bond acceptors (Lipinski definition) is 4.